The van der Waals surface area contributed by atoms with Crippen molar-refractivity contribution >= 4 is 23.5 Å². The van der Waals surface area contributed by atoms with Gasteiger partial charge in [-0.15, -0.1) is 0 Å². The number of hydrogen-bond acceptors (Lipinski definition) is 6. The van der Waals surface area contributed by atoms with Crippen molar-refractivity contribution < 1.29 is 9.59 Å². The molecule has 0 bridgehead atoms. The van der Waals surface area contributed by atoms with E-state index in [2.05, 4.69) is 25.2 Å². The molecule has 1 N–H and O–H groups in total. The standard InChI is InChI=1S/C22H28N6O2/c1-16-20(21(29)25-18-9-5-6-10-23-18)26-19(15-24-16)27-11-13-28(14-12-27)22(30)17-7-3-2-4-8-17/h5-6,9-10,15,17H,2-4,7-8,11-14H2,1H3,(H,23,25,29). The fourth-order valence-corrected chi connectivity index (χ4v) is 4.18. The number of piperazine rings is 1. The number of carbonyl (C=O) groups is 2. The molecule has 3 heterocycles. The zero-order valence-electron chi connectivity index (χ0n) is 17.4. The first-order valence-electron chi connectivity index (χ1n) is 10.7. The molecule has 8 nitrogen and oxygen atoms in total. The zero-order chi connectivity index (χ0) is 20.9. The molecular formula is C22H28N6O2. The van der Waals surface area contributed by atoms with Crippen LogP contribution in [0.1, 0.15) is 48.3 Å². The van der Waals surface area contributed by atoms with Gasteiger partial charge in [0.1, 0.15) is 11.6 Å². The van der Waals surface area contributed by atoms with E-state index in [1.807, 2.05) is 11.0 Å². The number of nitrogens with zero attached hydrogens (tertiary/aromatic N) is 5. The number of rotatable bonds is 4. The molecule has 2 fully saturated rings. The molecule has 1 aliphatic carbocycles. The van der Waals surface area contributed by atoms with E-state index in [0.29, 0.717) is 55.1 Å². The van der Waals surface area contributed by atoms with Crippen LogP contribution in [-0.4, -0.2) is 57.8 Å². The Kier molecular flexibility index (Phi) is 6.21. The lowest BCUT2D eigenvalue weighted by Crippen LogP contribution is -2.51. The third-order valence-corrected chi connectivity index (χ3v) is 5.93. The lowest BCUT2D eigenvalue weighted by Gasteiger charge is -2.37. The third-order valence-electron chi connectivity index (χ3n) is 5.93. The van der Waals surface area contributed by atoms with Crippen LogP contribution >= 0.6 is 0 Å². The molecule has 2 aliphatic rings. The average Bonchev–Trinajstić information content (AvgIpc) is 2.80. The van der Waals surface area contributed by atoms with Crippen LogP contribution in [0.3, 0.4) is 0 Å². The second-order valence-electron chi connectivity index (χ2n) is 7.98. The number of carbonyl (C=O) groups excluding carboxylic acids is 2. The van der Waals surface area contributed by atoms with Gasteiger partial charge in [0.05, 0.1) is 11.9 Å². The maximum Gasteiger partial charge on any atom is 0.277 e. The zero-order valence-corrected chi connectivity index (χ0v) is 17.4. The molecule has 0 spiro atoms. The molecule has 1 saturated heterocycles. The highest BCUT2D eigenvalue weighted by Gasteiger charge is 2.29. The van der Waals surface area contributed by atoms with E-state index < -0.39 is 0 Å². The highest BCUT2D eigenvalue weighted by molar-refractivity contribution is 6.03. The lowest BCUT2D eigenvalue weighted by atomic mass is 9.88. The molecule has 0 unspecified atom stereocenters. The molecule has 8 heteroatoms. The Hall–Kier alpha value is -3.03. The molecule has 4 rings (SSSR count). The van der Waals surface area contributed by atoms with Crippen molar-refractivity contribution in [3.8, 4) is 0 Å². The van der Waals surface area contributed by atoms with Crippen molar-refractivity contribution in [2.45, 2.75) is 39.0 Å². The maximum absolute atomic E-state index is 12.8. The molecule has 30 heavy (non-hydrogen) atoms. The quantitative estimate of drug-likeness (QED) is 0.836. The van der Waals surface area contributed by atoms with Gasteiger partial charge in [-0.1, -0.05) is 25.3 Å². The molecule has 2 aromatic heterocycles. The van der Waals surface area contributed by atoms with Crippen molar-refractivity contribution in [3.05, 3.63) is 42.0 Å². The van der Waals surface area contributed by atoms with Gasteiger partial charge in [-0.25, -0.2) is 9.97 Å². The predicted octanol–water partition coefficient (Wildman–Crippen LogP) is 2.66. The van der Waals surface area contributed by atoms with Crippen molar-refractivity contribution in [2.75, 3.05) is 36.4 Å². The van der Waals surface area contributed by atoms with E-state index in [4.69, 9.17) is 0 Å². The van der Waals surface area contributed by atoms with Crippen LogP contribution in [-0.2, 0) is 4.79 Å². The van der Waals surface area contributed by atoms with Crippen LogP contribution in [0, 0.1) is 12.8 Å². The van der Waals surface area contributed by atoms with E-state index in [9.17, 15) is 9.59 Å². The first-order chi connectivity index (χ1) is 14.6. The molecule has 1 saturated carbocycles. The minimum absolute atomic E-state index is 0.200. The minimum Gasteiger partial charge on any atom is -0.352 e. The Morgan fingerprint density at radius 2 is 1.80 bits per heavy atom. The lowest BCUT2D eigenvalue weighted by molar-refractivity contribution is -0.136. The van der Waals surface area contributed by atoms with Gasteiger partial charge in [0.25, 0.3) is 5.91 Å². The van der Waals surface area contributed by atoms with E-state index in [0.717, 1.165) is 12.8 Å². The summed E-state index contributed by atoms with van der Waals surface area (Å²) in [5.74, 6) is 1.32. The molecule has 0 aromatic carbocycles. The van der Waals surface area contributed by atoms with E-state index >= 15 is 0 Å². The summed E-state index contributed by atoms with van der Waals surface area (Å²) < 4.78 is 0. The molecule has 2 amide bonds. The summed E-state index contributed by atoms with van der Waals surface area (Å²) in [6, 6.07) is 5.33. The summed E-state index contributed by atoms with van der Waals surface area (Å²) >= 11 is 0. The first kappa shape index (κ1) is 20.3. The predicted molar refractivity (Wildman–Crippen MR) is 114 cm³/mol. The number of pyridine rings is 1. The third kappa shape index (κ3) is 4.58. The molecule has 0 atom stereocenters. The summed E-state index contributed by atoms with van der Waals surface area (Å²) in [6.07, 6.45) is 8.95. The first-order valence-corrected chi connectivity index (χ1v) is 10.7. The van der Waals surface area contributed by atoms with E-state index in [1.165, 1.54) is 19.3 Å². The second kappa shape index (κ2) is 9.19. The molecule has 158 valence electrons. The molecule has 0 radical (unpaired) electrons. The normalized spacial score (nSPS) is 17.6. The van der Waals surface area contributed by atoms with Crippen LogP contribution in [0.15, 0.2) is 30.6 Å². The largest absolute Gasteiger partial charge is 0.352 e. The Morgan fingerprint density at radius 3 is 2.50 bits per heavy atom. The fourth-order valence-electron chi connectivity index (χ4n) is 4.18. The van der Waals surface area contributed by atoms with Gasteiger partial charge in [0, 0.05) is 38.3 Å². The second-order valence-corrected chi connectivity index (χ2v) is 7.98. The van der Waals surface area contributed by atoms with Gasteiger partial charge in [0.2, 0.25) is 5.91 Å². The highest BCUT2D eigenvalue weighted by Crippen LogP contribution is 2.26. The topological polar surface area (TPSA) is 91.3 Å². The minimum atomic E-state index is -0.327. The number of aromatic nitrogens is 3. The fraction of sp³-hybridized carbons (Fsp3) is 0.500. The van der Waals surface area contributed by atoms with Gasteiger partial charge in [-0.05, 0) is 31.9 Å². The number of amides is 2. The van der Waals surface area contributed by atoms with Gasteiger partial charge in [-0.3, -0.25) is 14.6 Å². The summed E-state index contributed by atoms with van der Waals surface area (Å²) in [6.45, 7) is 4.51. The Bertz CT molecular complexity index is 890. The van der Waals surface area contributed by atoms with Gasteiger partial charge in [0.15, 0.2) is 5.69 Å². The van der Waals surface area contributed by atoms with Gasteiger partial charge in [-0.2, -0.15) is 0 Å². The number of hydrogen-bond donors (Lipinski definition) is 1. The average molecular weight is 409 g/mol. The van der Waals surface area contributed by atoms with Crippen molar-refractivity contribution in [2.24, 2.45) is 5.92 Å². The molecule has 2 aromatic rings. The molecule has 1 aliphatic heterocycles. The van der Waals surface area contributed by atoms with Crippen molar-refractivity contribution in [3.63, 3.8) is 0 Å². The van der Waals surface area contributed by atoms with Crippen molar-refractivity contribution in [1.29, 1.82) is 0 Å². The summed E-state index contributed by atoms with van der Waals surface area (Å²) in [5.41, 5.74) is 0.858. The van der Waals surface area contributed by atoms with Gasteiger partial charge < -0.3 is 15.1 Å². The SMILES string of the molecule is Cc1ncc(N2CCN(C(=O)C3CCCCC3)CC2)nc1C(=O)Nc1ccccn1. The molecular weight excluding hydrogens is 380 g/mol. The van der Waals surface area contributed by atoms with Crippen LogP contribution in [0.2, 0.25) is 0 Å². The van der Waals surface area contributed by atoms with Crippen LogP contribution in [0.25, 0.3) is 0 Å². The van der Waals surface area contributed by atoms with Gasteiger partial charge >= 0.3 is 0 Å². The van der Waals surface area contributed by atoms with Crippen molar-refractivity contribution in [1.82, 2.24) is 19.9 Å². The smallest absolute Gasteiger partial charge is 0.277 e. The summed E-state index contributed by atoms with van der Waals surface area (Å²) in [5, 5.41) is 2.76. The Balaban J connectivity index is 1.39. The Morgan fingerprint density at radius 1 is 1.03 bits per heavy atom. The van der Waals surface area contributed by atoms with Crippen LogP contribution in [0.5, 0.6) is 0 Å². The summed E-state index contributed by atoms with van der Waals surface area (Å²) in [4.78, 5) is 42.6. The number of anilines is 2. The summed E-state index contributed by atoms with van der Waals surface area (Å²) in [7, 11) is 0. The van der Waals surface area contributed by atoms with E-state index in [-0.39, 0.29) is 11.8 Å². The number of nitrogens with one attached hydrogen (secondary N) is 1. The maximum atomic E-state index is 12.8. The Labute approximate surface area is 176 Å². The number of aryl methyl sites for hydroxylation is 1. The van der Waals surface area contributed by atoms with Crippen LogP contribution in [0.4, 0.5) is 11.6 Å². The van der Waals surface area contributed by atoms with Crippen LogP contribution < -0.4 is 10.2 Å². The van der Waals surface area contributed by atoms with E-state index in [1.54, 1.807) is 31.5 Å². The highest BCUT2D eigenvalue weighted by atomic mass is 16.2. The monoisotopic (exact) mass is 408 g/mol.